The van der Waals surface area contributed by atoms with E-state index in [1.54, 1.807) is 18.2 Å². The maximum Gasteiger partial charge on any atom is 0.170 e. The van der Waals surface area contributed by atoms with Gasteiger partial charge >= 0.3 is 0 Å². The number of halogens is 2. The van der Waals surface area contributed by atoms with E-state index in [2.05, 4.69) is 0 Å². The highest BCUT2D eigenvalue weighted by Gasteiger charge is 2.13. The van der Waals surface area contributed by atoms with Crippen LogP contribution in [0.2, 0.25) is 10.0 Å². The molecule has 0 aliphatic heterocycles. The Balaban J connectivity index is 0.00000106. The van der Waals surface area contributed by atoms with Crippen LogP contribution in [0.5, 0.6) is 5.75 Å². The van der Waals surface area contributed by atoms with Gasteiger partial charge in [-0.3, -0.25) is 4.79 Å². The number of benzene rings is 2. The second kappa shape index (κ2) is 8.06. The summed E-state index contributed by atoms with van der Waals surface area (Å²) in [6, 6.07) is 9.89. The van der Waals surface area contributed by atoms with Gasteiger partial charge in [0.25, 0.3) is 0 Å². The molecule has 0 saturated heterocycles. The summed E-state index contributed by atoms with van der Waals surface area (Å²) in [5.41, 5.74) is 2.11. The highest BCUT2D eigenvalue weighted by atomic mass is 35.5. The molecule has 0 aliphatic rings. The van der Waals surface area contributed by atoms with E-state index < -0.39 is 0 Å². The number of Topliss-reactive ketones (excluding diaryl/α,β-unsaturated/α-hetero) is 1. The average molecular weight is 325 g/mol. The largest absolute Gasteiger partial charge is 0.507 e. The van der Waals surface area contributed by atoms with Gasteiger partial charge in [0.15, 0.2) is 5.78 Å². The summed E-state index contributed by atoms with van der Waals surface area (Å²) in [4.78, 5) is 12.2. The molecule has 0 aliphatic carbocycles. The van der Waals surface area contributed by atoms with E-state index in [1.165, 1.54) is 12.1 Å². The topological polar surface area (TPSA) is 37.3 Å². The van der Waals surface area contributed by atoms with Gasteiger partial charge in [0, 0.05) is 16.5 Å². The number of ketones is 1. The molecule has 2 aromatic rings. The molecular formula is C17H18Cl2O2. The predicted octanol–water partition coefficient (Wildman–Crippen LogP) is 5.46. The fourth-order valence-electron chi connectivity index (χ4n) is 1.84. The Morgan fingerprint density at radius 1 is 1.05 bits per heavy atom. The zero-order chi connectivity index (χ0) is 16.0. The molecule has 1 N–H and O–H groups in total. The Morgan fingerprint density at radius 3 is 2.24 bits per heavy atom. The summed E-state index contributed by atoms with van der Waals surface area (Å²) in [5, 5.41) is 10.7. The van der Waals surface area contributed by atoms with E-state index in [9.17, 15) is 9.90 Å². The molecule has 0 radical (unpaired) electrons. The molecule has 2 rings (SSSR count). The number of aromatic hydroxyl groups is 1. The average Bonchev–Trinajstić information content (AvgIpc) is 2.45. The summed E-state index contributed by atoms with van der Waals surface area (Å²) in [6.07, 6.45) is 0.196. The van der Waals surface area contributed by atoms with Gasteiger partial charge in [0.2, 0.25) is 0 Å². The number of carbonyl (C=O) groups excluding carboxylic acids is 1. The predicted molar refractivity (Wildman–Crippen MR) is 88.7 cm³/mol. The van der Waals surface area contributed by atoms with Gasteiger partial charge < -0.3 is 5.11 Å². The van der Waals surface area contributed by atoms with Crippen molar-refractivity contribution in [2.24, 2.45) is 0 Å². The lowest BCUT2D eigenvalue weighted by Gasteiger charge is -2.07. The minimum Gasteiger partial charge on any atom is -0.507 e. The molecule has 0 unspecified atom stereocenters. The number of phenolic OH excluding ortho intramolecular Hbond substituents is 1. The van der Waals surface area contributed by atoms with Crippen LogP contribution in [0.25, 0.3) is 0 Å². The van der Waals surface area contributed by atoms with E-state index >= 15 is 0 Å². The second-order valence-corrected chi connectivity index (χ2v) is 5.21. The third-order valence-electron chi connectivity index (χ3n) is 2.92. The molecule has 2 aromatic carbocycles. The third-order valence-corrected chi connectivity index (χ3v) is 3.39. The van der Waals surface area contributed by atoms with Gasteiger partial charge in [-0.05, 0) is 48.4 Å². The highest BCUT2D eigenvalue weighted by molar-refractivity contribution is 6.31. The highest BCUT2D eigenvalue weighted by Crippen LogP contribution is 2.24. The lowest BCUT2D eigenvalue weighted by molar-refractivity contribution is 0.0990. The van der Waals surface area contributed by atoms with Crippen LogP contribution in [0.1, 0.15) is 35.3 Å². The first kappa shape index (κ1) is 17.5. The molecule has 4 heteroatoms. The van der Waals surface area contributed by atoms with Crippen LogP contribution < -0.4 is 0 Å². The number of carbonyl (C=O) groups is 1. The molecule has 0 heterocycles. The molecule has 0 atom stereocenters. The minimum atomic E-state index is -0.167. The summed E-state index contributed by atoms with van der Waals surface area (Å²) in [5.74, 6) is -0.267. The van der Waals surface area contributed by atoms with Gasteiger partial charge in [0.05, 0.1) is 5.56 Å². The molecule has 0 spiro atoms. The molecule has 0 saturated carbocycles. The van der Waals surface area contributed by atoms with Crippen LogP contribution >= 0.6 is 23.2 Å². The van der Waals surface area contributed by atoms with Crippen LogP contribution in [0.15, 0.2) is 36.4 Å². The van der Waals surface area contributed by atoms with Crippen LogP contribution in [0.4, 0.5) is 0 Å². The first-order valence-corrected chi connectivity index (χ1v) is 7.49. The van der Waals surface area contributed by atoms with E-state index in [1.807, 2.05) is 26.8 Å². The Bertz CT molecular complexity index is 637. The molecule has 0 fully saturated rings. The molecular weight excluding hydrogens is 307 g/mol. The van der Waals surface area contributed by atoms with E-state index in [-0.39, 0.29) is 23.5 Å². The zero-order valence-electron chi connectivity index (χ0n) is 12.3. The van der Waals surface area contributed by atoms with E-state index in [4.69, 9.17) is 23.2 Å². The van der Waals surface area contributed by atoms with Gasteiger partial charge in [-0.1, -0.05) is 43.1 Å². The molecule has 21 heavy (non-hydrogen) atoms. The lowest BCUT2D eigenvalue weighted by atomic mass is 9.99. The fraction of sp³-hybridized carbons (Fsp3) is 0.235. The normalized spacial score (nSPS) is 9.76. The maximum absolute atomic E-state index is 12.2. The van der Waals surface area contributed by atoms with Crippen molar-refractivity contribution in [3.63, 3.8) is 0 Å². The van der Waals surface area contributed by atoms with E-state index in [0.717, 1.165) is 11.1 Å². The first-order valence-electron chi connectivity index (χ1n) is 6.74. The fourth-order valence-corrected chi connectivity index (χ4v) is 2.20. The molecule has 0 amide bonds. The van der Waals surface area contributed by atoms with Gasteiger partial charge in [-0.15, -0.1) is 0 Å². The van der Waals surface area contributed by atoms with Gasteiger partial charge in [-0.25, -0.2) is 0 Å². The Morgan fingerprint density at radius 2 is 1.62 bits per heavy atom. The summed E-state index contributed by atoms with van der Waals surface area (Å²) < 4.78 is 0. The van der Waals surface area contributed by atoms with Crippen molar-refractivity contribution >= 4 is 29.0 Å². The van der Waals surface area contributed by atoms with Crippen molar-refractivity contribution in [1.82, 2.24) is 0 Å². The third kappa shape index (κ3) is 4.76. The lowest BCUT2D eigenvalue weighted by Crippen LogP contribution is -2.05. The standard InChI is InChI=1S/C15H12Cl2O2.C2H6/c1-9-2-3-11(16)6-10(9)7-14(18)13-5-4-12(17)8-15(13)19;1-2/h2-6,8,19H,7H2,1H3;1-2H3. The SMILES string of the molecule is CC.Cc1ccc(Cl)cc1CC(=O)c1ccc(Cl)cc1O. The van der Waals surface area contributed by atoms with Crippen molar-refractivity contribution < 1.29 is 9.90 Å². The monoisotopic (exact) mass is 324 g/mol. The van der Waals surface area contributed by atoms with Crippen LogP contribution in [0.3, 0.4) is 0 Å². The van der Waals surface area contributed by atoms with Crippen molar-refractivity contribution in [1.29, 1.82) is 0 Å². The zero-order valence-corrected chi connectivity index (χ0v) is 13.8. The van der Waals surface area contributed by atoms with Crippen LogP contribution in [0, 0.1) is 6.92 Å². The van der Waals surface area contributed by atoms with Gasteiger partial charge in [-0.2, -0.15) is 0 Å². The van der Waals surface area contributed by atoms with Crippen LogP contribution in [-0.2, 0) is 6.42 Å². The molecule has 2 nitrogen and oxygen atoms in total. The molecule has 0 bridgehead atoms. The first-order chi connectivity index (χ1) is 9.97. The minimum absolute atomic E-state index is 0.0998. The second-order valence-electron chi connectivity index (χ2n) is 4.33. The summed E-state index contributed by atoms with van der Waals surface area (Å²) >= 11 is 11.7. The molecule has 112 valence electrons. The van der Waals surface area contributed by atoms with Crippen molar-refractivity contribution in [3.8, 4) is 5.75 Å². The number of aryl methyl sites for hydroxylation is 1. The van der Waals surface area contributed by atoms with Crippen molar-refractivity contribution in [2.75, 3.05) is 0 Å². The molecule has 0 aromatic heterocycles. The van der Waals surface area contributed by atoms with Gasteiger partial charge in [0.1, 0.15) is 5.75 Å². The number of hydrogen-bond acceptors (Lipinski definition) is 2. The Labute approximate surface area is 135 Å². The quantitative estimate of drug-likeness (QED) is 0.761. The summed E-state index contributed by atoms with van der Waals surface area (Å²) in [6.45, 7) is 5.92. The number of phenols is 1. The van der Waals surface area contributed by atoms with Crippen LogP contribution in [-0.4, -0.2) is 10.9 Å². The number of hydrogen-bond donors (Lipinski definition) is 1. The van der Waals surface area contributed by atoms with Crippen molar-refractivity contribution in [2.45, 2.75) is 27.2 Å². The smallest absolute Gasteiger partial charge is 0.170 e. The van der Waals surface area contributed by atoms with Crippen molar-refractivity contribution in [3.05, 3.63) is 63.1 Å². The van der Waals surface area contributed by atoms with E-state index in [0.29, 0.717) is 10.0 Å². The summed E-state index contributed by atoms with van der Waals surface area (Å²) in [7, 11) is 0. The Kier molecular flexibility index (Phi) is 6.73. The number of rotatable bonds is 3. The Hall–Kier alpha value is -1.51. The maximum atomic E-state index is 12.2.